The molecule has 0 aromatic heterocycles. The van der Waals surface area contributed by atoms with E-state index in [0.717, 1.165) is 38.3 Å². The van der Waals surface area contributed by atoms with E-state index in [0.29, 0.717) is 12.1 Å². The van der Waals surface area contributed by atoms with Crippen LogP contribution in [0.25, 0.3) is 0 Å². The van der Waals surface area contributed by atoms with Crippen LogP contribution in [0, 0.1) is 0 Å². The highest BCUT2D eigenvalue weighted by molar-refractivity contribution is 5.29. The van der Waals surface area contributed by atoms with Crippen molar-refractivity contribution in [2.45, 2.75) is 51.7 Å². The maximum Gasteiger partial charge on any atom is 0.119 e. The van der Waals surface area contributed by atoms with E-state index in [1.165, 1.54) is 18.4 Å². The maximum absolute atomic E-state index is 5.79. The minimum Gasteiger partial charge on any atom is -0.490 e. The Morgan fingerprint density at radius 1 is 1.15 bits per heavy atom. The Hall–Kier alpha value is -1.06. The molecule has 2 rings (SSSR count). The lowest BCUT2D eigenvalue weighted by atomic mass is 10.0. The van der Waals surface area contributed by atoms with Crippen molar-refractivity contribution < 1.29 is 9.47 Å². The largest absolute Gasteiger partial charge is 0.490 e. The number of ether oxygens (including phenoxy) is 2. The van der Waals surface area contributed by atoms with Crippen molar-refractivity contribution in [3.63, 3.8) is 0 Å². The minimum atomic E-state index is 0.367. The van der Waals surface area contributed by atoms with E-state index in [9.17, 15) is 0 Å². The fourth-order valence-corrected chi connectivity index (χ4v) is 2.24. The first-order valence-corrected chi connectivity index (χ1v) is 7.91. The monoisotopic (exact) mass is 277 g/mol. The predicted octanol–water partition coefficient (Wildman–Crippen LogP) is 3.70. The topological polar surface area (TPSA) is 30.5 Å². The molecule has 3 nitrogen and oxygen atoms in total. The van der Waals surface area contributed by atoms with Gasteiger partial charge in [0.25, 0.3) is 0 Å². The molecule has 1 atom stereocenters. The number of benzene rings is 1. The molecule has 1 fully saturated rings. The lowest BCUT2D eigenvalue weighted by Gasteiger charge is -2.19. The molecular formula is C17H27NO2. The summed E-state index contributed by atoms with van der Waals surface area (Å²) >= 11 is 0. The zero-order valence-corrected chi connectivity index (χ0v) is 12.7. The summed E-state index contributed by atoms with van der Waals surface area (Å²) in [6.07, 6.45) is 4.97. The highest BCUT2D eigenvalue weighted by Crippen LogP contribution is 2.28. The molecule has 0 bridgehead atoms. The molecule has 0 heterocycles. The van der Waals surface area contributed by atoms with Crippen molar-refractivity contribution in [1.82, 2.24) is 5.32 Å². The van der Waals surface area contributed by atoms with E-state index in [4.69, 9.17) is 9.47 Å². The van der Waals surface area contributed by atoms with Crippen molar-refractivity contribution in [3.05, 3.63) is 29.8 Å². The molecule has 0 radical (unpaired) electrons. The number of hydrogen-bond acceptors (Lipinski definition) is 3. The molecule has 20 heavy (non-hydrogen) atoms. The van der Waals surface area contributed by atoms with Gasteiger partial charge in [-0.05, 0) is 49.9 Å². The van der Waals surface area contributed by atoms with Gasteiger partial charge in [0.1, 0.15) is 5.75 Å². The molecule has 0 spiro atoms. The van der Waals surface area contributed by atoms with Crippen LogP contribution in [-0.4, -0.2) is 25.9 Å². The van der Waals surface area contributed by atoms with Gasteiger partial charge in [-0.25, -0.2) is 0 Å². The van der Waals surface area contributed by atoms with E-state index < -0.39 is 0 Å². The Morgan fingerprint density at radius 2 is 1.90 bits per heavy atom. The summed E-state index contributed by atoms with van der Waals surface area (Å²) in [6, 6.07) is 8.89. The first-order chi connectivity index (χ1) is 9.83. The highest BCUT2D eigenvalue weighted by atomic mass is 16.5. The Bertz CT molecular complexity index is 373. The highest BCUT2D eigenvalue weighted by Gasteiger charge is 2.23. The Balaban J connectivity index is 1.86. The molecule has 112 valence electrons. The first kappa shape index (κ1) is 15.3. The van der Waals surface area contributed by atoms with Gasteiger partial charge in [-0.3, -0.25) is 0 Å². The first-order valence-electron chi connectivity index (χ1n) is 7.91. The van der Waals surface area contributed by atoms with Crippen LogP contribution in [-0.2, 0) is 4.74 Å². The van der Waals surface area contributed by atoms with Crippen LogP contribution in [0.15, 0.2) is 24.3 Å². The van der Waals surface area contributed by atoms with E-state index in [1.807, 2.05) is 0 Å². The molecular weight excluding hydrogens is 250 g/mol. The number of rotatable bonds is 10. The number of nitrogens with one attached hydrogen (secondary N) is 1. The van der Waals surface area contributed by atoms with Crippen LogP contribution in [0.4, 0.5) is 0 Å². The van der Waals surface area contributed by atoms with Gasteiger partial charge in [-0.2, -0.15) is 0 Å². The maximum atomic E-state index is 5.79. The van der Waals surface area contributed by atoms with Crippen molar-refractivity contribution in [2.24, 2.45) is 0 Å². The van der Waals surface area contributed by atoms with Crippen molar-refractivity contribution in [2.75, 3.05) is 19.8 Å². The Morgan fingerprint density at radius 3 is 2.50 bits per heavy atom. The molecule has 1 unspecified atom stereocenters. The van der Waals surface area contributed by atoms with E-state index in [2.05, 4.69) is 43.4 Å². The second-order valence-corrected chi connectivity index (χ2v) is 5.40. The van der Waals surface area contributed by atoms with Crippen molar-refractivity contribution in [3.8, 4) is 5.75 Å². The SMILES string of the molecule is CCCOCCC(NCC)c1ccc(OC2CC2)cc1. The third kappa shape index (κ3) is 5.14. The lowest BCUT2D eigenvalue weighted by molar-refractivity contribution is 0.124. The molecule has 1 aromatic rings. The second-order valence-electron chi connectivity index (χ2n) is 5.40. The van der Waals surface area contributed by atoms with Crippen LogP contribution in [0.1, 0.15) is 51.1 Å². The molecule has 1 saturated carbocycles. The van der Waals surface area contributed by atoms with Crippen LogP contribution in [0.2, 0.25) is 0 Å². The quantitative estimate of drug-likeness (QED) is 0.662. The van der Waals surface area contributed by atoms with Gasteiger partial charge in [0.2, 0.25) is 0 Å². The average Bonchev–Trinajstić information content (AvgIpc) is 3.27. The summed E-state index contributed by atoms with van der Waals surface area (Å²) in [4.78, 5) is 0. The van der Waals surface area contributed by atoms with Crippen LogP contribution in [0.3, 0.4) is 0 Å². The van der Waals surface area contributed by atoms with Crippen LogP contribution >= 0.6 is 0 Å². The van der Waals surface area contributed by atoms with Gasteiger partial charge in [-0.1, -0.05) is 26.0 Å². The van der Waals surface area contributed by atoms with Gasteiger partial charge < -0.3 is 14.8 Å². The summed E-state index contributed by atoms with van der Waals surface area (Å²) in [5.74, 6) is 0.994. The van der Waals surface area contributed by atoms with Gasteiger partial charge in [0.05, 0.1) is 6.10 Å². The van der Waals surface area contributed by atoms with Gasteiger partial charge in [0, 0.05) is 19.3 Å². The molecule has 0 aliphatic heterocycles. The normalized spacial score (nSPS) is 16.1. The third-order valence-electron chi connectivity index (χ3n) is 3.46. The number of hydrogen-bond donors (Lipinski definition) is 1. The summed E-state index contributed by atoms with van der Waals surface area (Å²) in [6.45, 7) is 6.92. The summed E-state index contributed by atoms with van der Waals surface area (Å²) in [7, 11) is 0. The van der Waals surface area contributed by atoms with Crippen molar-refractivity contribution >= 4 is 0 Å². The molecule has 1 aliphatic rings. The molecule has 1 aliphatic carbocycles. The molecule has 1 aromatic carbocycles. The Labute approximate surface area is 122 Å². The van der Waals surface area contributed by atoms with Gasteiger partial charge in [-0.15, -0.1) is 0 Å². The minimum absolute atomic E-state index is 0.367. The predicted molar refractivity (Wildman–Crippen MR) is 82.2 cm³/mol. The average molecular weight is 277 g/mol. The van der Waals surface area contributed by atoms with Crippen LogP contribution < -0.4 is 10.1 Å². The standard InChI is InChI=1S/C17H27NO2/c1-3-12-19-13-11-17(18-4-2)14-5-7-15(8-6-14)20-16-9-10-16/h5-8,16-18H,3-4,9-13H2,1-2H3. The van der Waals surface area contributed by atoms with E-state index in [1.54, 1.807) is 0 Å². The van der Waals surface area contributed by atoms with Gasteiger partial charge >= 0.3 is 0 Å². The Kier molecular flexibility index (Phi) is 6.34. The zero-order chi connectivity index (χ0) is 14.2. The zero-order valence-electron chi connectivity index (χ0n) is 12.7. The smallest absolute Gasteiger partial charge is 0.119 e. The van der Waals surface area contributed by atoms with E-state index in [-0.39, 0.29) is 0 Å². The van der Waals surface area contributed by atoms with Gasteiger partial charge in [0.15, 0.2) is 0 Å². The summed E-state index contributed by atoms with van der Waals surface area (Å²) < 4.78 is 11.4. The lowest BCUT2D eigenvalue weighted by Crippen LogP contribution is -2.22. The third-order valence-corrected chi connectivity index (χ3v) is 3.46. The van der Waals surface area contributed by atoms with E-state index >= 15 is 0 Å². The summed E-state index contributed by atoms with van der Waals surface area (Å²) in [5.41, 5.74) is 1.31. The second kappa shape index (κ2) is 8.28. The molecule has 3 heteroatoms. The molecule has 1 N–H and O–H groups in total. The van der Waals surface area contributed by atoms with Crippen molar-refractivity contribution in [1.29, 1.82) is 0 Å². The summed E-state index contributed by atoms with van der Waals surface area (Å²) in [5, 5.41) is 3.53. The fourth-order valence-electron chi connectivity index (χ4n) is 2.24. The molecule has 0 saturated heterocycles. The molecule has 0 amide bonds. The van der Waals surface area contributed by atoms with Crippen LogP contribution in [0.5, 0.6) is 5.75 Å². The fraction of sp³-hybridized carbons (Fsp3) is 0.647.